The van der Waals surface area contributed by atoms with Gasteiger partial charge in [0.05, 0.1) is 9.78 Å². The van der Waals surface area contributed by atoms with Crippen LogP contribution < -0.4 is 10.5 Å². The zero-order valence-electron chi connectivity index (χ0n) is 6.31. The number of hydrogen-bond donors (Lipinski definition) is 3. The van der Waals surface area contributed by atoms with Crippen LogP contribution in [0.1, 0.15) is 15.5 Å². The van der Waals surface area contributed by atoms with Gasteiger partial charge in [0.2, 0.25) is 0 Å². The first-order valence-corrected chi connectivity index (χ1v) is 3.97. The summed E-state index contributed by atoms with van der Waals surface area (Å²) in [6.07, 6.45) is 0. The molecule has 0 aliphatic heterocycles. The van der Waals surface area contributed by atoms with Crippen molar-refractivity contribution in [3.63, 3.8) is 0 Å². The largest absolute Gasteiger partial charge is 0.501 e. The highest BCUT2D eigenvalue weighted by atomic mass is 32.1. The minimum Gasteiger partial charge on any atom is -0.423 e. The topological polar surface area (TPSA) is 96.4 Å². The van der Waals surface area contributed by atoms with E-state index in [1.54, 1.807) is 6.92 Å². The highest BCUT2D eigenvalue weighted by Crippen LogP contribution is 2.05. The van der Waals surface area contributed by atoms with E-state index in [1.165, 1.54) is 0 Å². The monoisotopic (exact) mass is 186 g/mol. The number of nitrogens with two attached hydrogens (primary N) is 1. The number of carbonyl (C=O) groups is 1. The van der Waals surface area contributed by atoms with Crippen LogP contribution in [0.3, 0.4) is 0 Å². The van der Waals surface area contributed by atoms with E-state index in [4.69, 9.17) is 15.8 Å². The van der Waals surface area contributed by atoms with Crippen molar-refractivity contribution < 1.29 is 14.8 Å². The summed E-state index contributed by atoms with van der Waals surface area (Å²) in [6, 6.07) is 0. The lowest BCUT2D eigenvalue weighted by Gasteiger charge is -1.94. The molecule has 0 spiro atoms. The van der Waals surface area contributed by atoms with Gasteiger partial charge in [0.15, 0.2) is 0 Å². The van der Waals surface area contributed by atoms with Crippen molar-refractivity contribution in [2.75, 3.05) is 0 Å². The highest BCUT2D eigenvalue weighted by Gasteiger charge is 2.23. The number of thiazole rings is 1. The van der Waals surface area contributed by atoms with Crippen molar-refractivity contribution in [3.8, 4) is 0 Å². The van der Waals surface area contributed by atoms with Gasteiger partial charge in [0.1, 0.15) is 5.69 Å². The number of rotatable bonds is 2. The fraction of sp³-hybridized carbons (Fsp3) is 0.200. The van der Waals surface area contributed by atoms with Gasteiger partial charge in [0.25, 0.3) is 5.91 Å². The van der Waals surface area contributed by atoms with Gasteiger partial charge in [-0.2, -0.15) is 0 Å². The van der Waals surface area contributed by atoms with Gasteiger partial charge >= 0.3 is 7.12 Å². The maximum atomic E-state index is 10.7. The minimum atomic E-state index is -1.68. The van der Waals surface area contributed by atoms with Crippen molar-refractivity contribution in [2.45, 2.75) is 6.92 Å². The zero-order chi connectivity index (χ0) is 9.30. The quantitative estimate of drug-likeness (QED) is 0.476. The summed E-state index contributed by atoms with van der Waals surface area (Å²) >= 11 is 1.04. The lowest BCUT2D eigenvalue weighted by Crippen LogP contribution is -2.33. The van der Waals surface area contributed by atoms with Crippen LogP contribution in [0.4, 0.5) is 0 Å². The van der Waals surface area contributed by atoms with Gasteiger partial charge in [-0.25, -0.2) is 4.98 Å². The summed E-state index contributed by atoms with van der Waals surface area (Å²) in [5.41, 5.74) is 4.89. The molecule has 0 aromatic carbocycles. The average molecular weight is 186 g/mol. The van der Waals surface area contributed by atoms with Crippen LogP contribution in [0.25, 0.3) is 0 Å². The first-order chi connectivity index (χ1) is 5.52. The van der Waals surface area contributed by atoms with Crippen LogP contribution in [0.2, 0.25) is 0 Å². The Balaban J connectivity index is 3.17. The normalized spacial score (nSPS) is 9.92. The predicted octanol–water partition coefficient (Wildman–Crippen LogP) is -1.77. The van der Waals surface area contributed by atoms with Crippen molar-refractivity contribution in [2.24, 2.45) is 5.73 Å². The molecule has 1 heterocycles. The molecule has 0 atom stereocenters. The number of aromatic nitrogens is 1. The third-order valence-electron chi connectivity index (χ3n) is 1.23. The van der Waals surface area contributed by atoms with Crippen LogP contribution in [-0.4, -0.2) is 28.1 Å². The number of hydrogen-bond acceptors (Lipinski definition) is 5. The number of aryl methyl sites for hydroxylation is 1. The van der Waals surface area contributed by atoms with E-state index in [1.807, 2.05) is 0 Å². The first kappa shape index (κ1) is 9.18. The van der Waals surface area contributed by atoms with Crippen molar-refractivity contribution in [1.29, 1.82) is 0 Å². The third kappa shape index (κ3) is 1.63. The van der Waals surface area contributed by atoms with Crippen LogP contribution in [0.5, 0.6) is 0 Å². The Hall–Kier alpha value is -0.915. The van der Waals surface area contributed by atoms with Crippen molar-refractivity contribution >= 4 is 29.1 Å². The fourth-order valence-corrected chi connectivity index (χ4v) is 1.60. The Labute approximate surface area is 73.0 Å². The Morgan fingerprint density at radius 3 is 2.58 bits per heavy atom. The van der Waals surface area contributed by atoms with Crippen LogP contribution >= 0.6 is 11.3 Å². The van der Waals surface area contributed by atoms with E-state index in [9.17, 15) is 4.79 Å². The molecule has 0 saturated heterocycles. The van der Waals surface area contributed by atoms with Crippen molar-refractivity contribution in [1.82, 2.24) is 4.98 Å². The number of primary amides is 1. The average Bonchev–Trinajstić information content (AvgIpc) is 2.31. The molecule has 12 heavy (non-hydrogen) atoms. The summed E-state index contributed by atoms with van der Waals surface area (Å²) in [7, 11) is -1.68. The molecule has 1 aromatic heterocycles. The molecule has 7 heteroatoms. The third-order valence-corrected chi connectivity index (χ3v) is 2.24. The zero-order valence-corrected chi connectivity index (χ0v) is 7.13. The lowest BCUT2D eigenvalue weighted by atomic mass is 9.87. The van der Waals surface area contributed by atoms with Gasteiger partial charge in [-0.05, 0) is 6.92 Å². The second-order valence-corrected chi connectivity index (χ2v) is 3.42. The molecule has 0 unspecified atom stereocenters. The molecule has 0 radical (unpaired) electrons. The van der Waals surface area contributed by atoms with E-state index < -0.39 is 13.0 Å². The molecule has 0 saturated carbocycles. The molecule has 1 aromatic rings. The highest BCUT2D eigenvalue weighted by molar-refractivity contribution is 7.22. The summed E-state index contributed by atoms with van der Waals surface area (Å²) < 4.78 is 0.0972. The van der Waals surface area contributed by atoms with Gasteiger partial charge in [0, 0.05) is 0 Å². The maximum absolute atomic E-state index is 10.7. The number of amides is 1. The van der Waals surface area contributed by atoms with E-state index in [2.05, 4.69) is 4.98 Å². The van der Waals surface area contributed by atoms with Gasteiger partial charge < -0.3 is 15.8 Å². The molecule has 0 aliphatic carbocycles. The standard InChI is InChI=1S/C5H7BN2O3S/c1-2-8-3(5(7)9)4(12-2)6(10)11/h10-11H,1H3,(H2,7,9). The molecule has 1 rings (SSSR count). The van der Waals surface area contributed by atoms with Crippen LogP contribution in [0, 0.1) is 6.92 Å². The van der Waals surface area contributed by atoms with E-state index in [0.29, 0.717) is 5.01 Å². The van der Waals surface area contributed by atoms with Gasteiger partial charge in [-0.3, -0.25) is 4.79 Å². The van der Waals surface area contributed by atoms with Crippen LogP contribution in [0.15, 0.2) is 0 Å². The second-order valence-electron chi connectivity index (χ2n) is 2.18. The number of carbonyl (C=O) groups excluding carboxylic acids is 1. The molecule has 5 nitrogen and oxygen atoms in total. The minimum absolute atomic E-state index is 0.0625. The lowest BCUT2D eigenvalue weighted by molar-refractivity contribution is 0.0996. The maximum Gasteiger partial charge on any atom is 0.501 e. The Morgan fingerprint density at radius 1 is 1.67 bits per heavy atom. The molecule has 0 fully saturated rings. The summed E-state index contributed by atoms with van der Waals surface area (Å²) in [5.74, 6) is -0.748. The van der Waals surface area contributed by atoms with Crippen molar-refractivity contribution in [3.05, 3.63) is 10.7 Å². The molecular formula is C5H7BN2O3S. The van der Waals surface area contributed by atoms with Crippen LogP contribution in [-0.2, 0) is 0 Å². The summed E-state index contributed by atoms with van der Waals surface area (Å²) in [6.45, 7) is 1.66. The summed E-state index contributed by atoms with van der Waals surface area (Å²) in [4.78, 5) is 14.4. The smallest absolute Gasteiger partial charge is 0.423 e. The Morgan fingerprint density at radius 2 is 2.25 bits per heavy atom. The molecule has 4 N–H and O–H groups in total. The fourth-order valence-electron chi connectivity index (χ4n) is 0.794. The first-order valence-electron chi connectivity index (χ1n) is 3.15. The molecule has 64 valence electrons. The van der Waals surface area contributed by atoms with Gasteiger partial charge in [-0.1, -0.05) is 0 Å². The van der Waals surface area contributed by atoms with Gasteiger partial charge in [-0.15, -0.1) is 11.3 Å². The predicted molar refractivity (Wildman–Crippen MR) is 45.2 cm³/mol. The SMILES string of the molecule is Cc1nc(C(N)=O)c(B(O)O)s1. The second kappa shape index (κ2) is 3.22. The molecule has 1 amide bonds. The Bertz CT molecular complexity index is 312. The van der Waals surface area contributed by atoms with E-state index in [0.717, 1.165) is 11.3 Å². The van der Waals surface area contributed by atoms with E-state index in [-0.39, 0.29) is 10.5 Å². The molecular weight excluding hydrogens is 179 g/mol. The number of nitrogens with zero attached hydrogens (tertiary/aromatic N) is 1. The van der Waals surface area contributed by atoms with E-state index >= 15 is 0 Å². The Kier molecular flexibility index (Phi) is 2.46. The molecule has 0 bridgehead atoms. The summed E-state index contributed by atoms with van der Waals surface area (Å²) in [5, 5.41) is 18.1. The molecule has 0 aliphatic rings.